The molecule has 3 N–H and O–H groups in total. The number of rotatable bonds is 5. The van der Waals surface area contributed by atoms with E-state index in [0.717, 1.165) is 11.3 Å². The number of thiocarbonyl (C=S) groups is 1. The molecule has 0 aromatic heterocycles. The van der Waals surface area contributed by atoms with Crippen molar-refractivity contribution in [3.05, 3.63) is 29.8 Å². The van der Waals surface area contributed by atoms with Crippen LogP contribution in [0.2, 0.25) is 0 Å². The van der Waals surface area contributed by atoms with Crippen LogP contribution in [-0.4, -0.2) is 29.0 Å². The molecule has 98 valence electrons. The van der Waals surface area contributed by atoms with Crippen LogP contribution >= 0.6 is 12.2 Å². The molecule has 0 saturated heterocycles. The lowest BCUT2D eigenvalue weighted by molar-refractivity contribution is 0.216. The Hall–Kier alpha value is -1.62. The molecule has 0 heterocycles. The van der Waals surface area contributed by atoms with E-state index in [4.69, 9.17) is 18.0 Å². The number of urea groups is 1. The summed E-state index contributed by atoms with van der Waals surface area (Å²) >= 11 is 4.81. The molecule has 0 fully saturated rings. The number of amides is 2. The molecule has 4 nitrogen and oxygen atoms in total. The maximum atomic E-state index is 12.0. The van der Waals surface area contributed by atoms with E-state index in [1.807, 2.05) is 38.1 Å². The molecule has 0 bridgehead atoms. The molecule has 1 aromatic rings. The van der Waals surface area contributed by atoms with E-state index in [1.165, 1.54) is 0 Å². The van der Waals surface area contributed by atoms with Crippen LogP contribution in [0.1, 0.15) is 18.9 Å². The average Bonchev–Trinajstić information content (AvgIpc) is 2.32. The molecule has 0 aliphatic heterocycles. The molecule has 0 aliphatic carbocycles. The van der Waals surface area contributed by atoms with Crippen molar-refractivity contribution in [3.63, 3.8) is 0 Å². The Morgan fingerprint density at radius 1 is 1.39 bits per heavy atom. The first kappa shape index (κ1) is 14.4. The summed E-state index contributed by atoms with van der Waals surface area (Å²) < 4.78 is 0. The van der Waals surface area contributed by atoms with Crippen LogP contribution in [0.25, 0.3) is 0 Å². The molecule has 0 atom stereocenters. The van der Waals surface area contributed by atoms with Gasteiger partial charge in [0.2, 0.25) is 0 Å². The van der Waals surface area contributed by atoms with Crippen molar-refractivity contribution in [2.45, 2.75) is 20.3 Å². The topological polar surface area (TPSA) is 58.4 Å². The second-order valence-corrected chi connectivity index (χ2v) is 4.62. The minimum atomic E-state index is -0.127. The Morgan fingerprint density at radius 3 is 2.50 bits per heavy atom. The predicted octanol–water partition coefficient (Wildman–Crippen LogP) is 2.53. The number of nitrogens with one attached hydrogen (secondary N) is 1. The maximum absolute atomic E-state index is 12.0. The minimum absolute atomic E-state index is 0.127. The third kappa shape index (κ3) is 4.71. The van der Waals surface area contributed by atoms with Gasteiger partial charge >= 0.3 is 6.03 Å². The largest absolute Gasteiger partial charge is 0.393 e. The van der Waals surface area contributed by atoms with Crippen molar-refractivity contribution in [1.82, 2.24) is 4.90 Å². The summed E-state index contributed by atoms with van der Waals surface area (Å²) in [6.45, 7) is 5.10. The highest BCUT2D eigenvalue weighted by molar-refractivity contribution is 7.80. The number of nitrogens with zero attached hydrogens (tertiary/aromatic N) is 1. The molecule has 18 heavy (non-hydrogen) atoms. The first-order valence-corrected chi connectivity index (χ1v) is 6.34. The first-order chi connectivity index (χ1) is 8.52. The van der Waals surface area contributed by atoms with Crippen molar-refractivity contribution in [2.75, 3.05) is 18.4 Å². The number of nitrogens with two attached hydrogens (primary N) is 1. The fraction of sp³-hybridized carbons (Fsp3) is 0.385. The standard InChI is InChI=1S/C13H19N3OS/c1-3-16(9-8-12(14)18)13(17)15-11-6-4-10(2)5-7-11/h4-7H,3,8-9H2,1-2H3,(H2,14,18)(H,15,17). The molecule has 0 saturated carbocycles. The second-order valence-electron chi connectivity index (χ2n) is 4.09. The lowest BCUT2D eigenvalue weighted by Crippen LogP contribution is -2.36. The predicted molar refractivity (Wildman–Crippen MR) is 78.8 cm³/mol. The van der Waals surface area contributed by atoms with E-state index >= 15 is 0 Å². The lowest BCUT2D eigenvalue weighted by atomic mass is 10.2. The highest BCUT2D eigenvalue weighted by Crippen LogP contribution is 2.09. The SMILES string of the molecule is CCN(CCC(N)=S)C(=O)Nc1ccc(C)cc1. The quantitative estimate of drug-likeness (QED) is 0.804. The van der Waals surface area contributed by atoms with E-state index in [1.54, 1.807) is 4.90 Å². The van der Waals surface area contributed by atoms with Gasteiger partial charge in [-0.3, -0.25) is 0 Å². The highest BCUT2D eigenvalue weighted by Gasteiger charge is 2.11. The van der Waals surface area contributed by atoms with Crippen LogP contribution in [0, 0.1) is 6.92 Å². The number of aryl methyl sites for hydroxylation is 1. The van der Waals surface area contributed by atoms with Crippen molar-refractivity contribution in [3.8, 4) is 0 Å². The fourth-order valence-corrected chi connectivity index (χ4v) is 1.58. The van der Waals surface area contributed by atoms with Gasteiger partial charge in [-0.25, -0.2) is 4.79 Å². The first-order valence-electron chi connectivity index (χ1n) is 5.94. The number of hydrogen-bond acceptors (Lipinski definition) is 2. The van der Waals surface area contributed by atoms with E-state index in [0.29, 0.717) is 24.5 Å². The Bertz CT molecular complexity index is 417. The van der Waals surface area contributed by atoms with Gasteiger partial charge in [0, 0.05) is 25.2 Å². The van der Waals surface area contributed by atoms with Gasteiger partial charge in [-0.05, 0) is 26.0 Å². The Labute approximate surface area is 113 Å². The monoisotopic (exact) mass is 265 g/mol. The number of anilines is 1. The summed E-state index contributed by atoms with van der Waals surface area (Å²) in [6, 6.07) is 7.56. The third-order valence-corrected chi connectivity index (χ3v) is 2.80. The van der Waals surface area contributed by atoms with E-state index < -0.39 is 0 Å². The molecular formula is C13H19N3OS. The third-order valence-electron chi connectivity index (χ3n) is 2.60. The van der Waals surface area contributed by atoms with Crippen LogP contribution in [0.3, 0.4) is 0 Å². The van der Waals surface area contributed by atoms with Crippen molar-refractivity contribution < 1.29 is 4.79 Å². The smallest absolute Gasteiger partial charge is 0.321 e. The number of benzene rings is 1. The zero-order valence-electron chi connectivity index (χ0n) is 10.8. The van der Waals surface area contributed by atoms with Gasteiger partial charge in [0.25, 0.3) is 0 Å². The molecule has 0 radical (unpaired) electrons. The van der Waals surface area contributed by atoms with Crippen LogP contribution in [0.5, 0.6) is 0 Å². The highest BCUT2D eigenvalue weighted by atomic mass is 32.1. The summed E-state index contributed by atoms with van der Waals surface area (Å²) in [5, 5.41) is 2.85. The molecular weight excluding hydrogens is 246 g/mol. The lowest BCUT2D eigenvalue weighted by Gasteiger charge is -2.21. The van der Waals surface area contributed by atoms with Crippen molar-refractivity contribution in [1.29, 1.82) is 0 Å². The zero-order chi connectivity index (χ0) is 13.5. The van der Waals surface area contributed by atoms with Gasteiger partial charge in [-0.1, -0.05) is 29.9 Å². The normalized spacial score (nSPS) is 9.89. The maximum Gasteiger partial charge on any atom is 0.321 e. The zero-order valence-corrected chi connectivity index (χ0v) is 11.6. The summed E-state index contributed by atoms with van der Waals surface area (Å²) in [5.41, 5.74) is 7.39. The van der Waals surface area contributed by atoms with Crippen LogP contribution < -0.4 is 11.1 Å². The summed E-state index contributed by atoms with van der Waals surface area (Å²) in [4.78, 5) is 14.1. The van der Waals surface area contributed by atoms with Crippen molar-refractivity contribution >= 4 is 28.9 Å². The number of hydrogen-bond donors (Lipinski definition) is 2. The molecule has 1 aromatic carbocycles. The minimum Gasteiger partial charge on any atom is -0.393 e. The van der Waals surface area contributed by atoms with Gasteiger partial charge in [-0.15, -0.1) is 0 Å². The molecule has 1 rings (SSSR count). The van der Waals surface area contributed by atoms with E-state index in [2.05, 4.69) is 5.32 Å². The van der Waals surface area contributed by atoms with Gasteiger partial charge in [0.05, 0.1) is 4.99 Å². The number of carbonyl (C=O) groups is 1. The van der Waals surface area contributed by atoms with Crippen LogP contribution in [0.4, 0.5) is 10.5 Å². The van der Waals surface area contributed by atoms with Crippen molar-refractivity contribution in [2.24, 2.45) is 5.73 Å². The summed E-state index contributed by atoms with van der Waals surface area (Å²) in [5.74, 6) is 0. The Kier molecular flexibility index (Phi) is 5.58. The fourth-order valence-electron chi connectivity index (χ4n) is 1.49. The molecule has 5 heteroatoms. The average molecular weight is 265 g/mol. The van der Waals surface area contributed by atoms with E-state index in [-0.39, 0.29) is 6.03 Å². The van der Waals surface area contributed by atoms with Crippen LogP contribution in [0.15, 0.2) is 24.3 Å². The second kappa shape index (κ2) is 6.96. The van der Waals surface area contributed by atoms with Gasteiger partial charge < -0.3 is 16.0 Å². The van der Waals surface area contributed by atoms with Gasteiger partial charge in [0.15, 0.2) is 0 Å². The molecule has 0 aliphatic rings. The van der Waals surface area contributed by atoms with Gasteiger partial charge in [-0.2, -0.15) is 0 Å². The molecule has 0 unspecified atom stereocenters. The van der Waals surface area contributed by atoms with Crippen LogP contribution in [-0.2, 0) is 0 Å². The van der Waals surface area contributed by atoms with Gasteiger partial charge in [0.1, 0.15) is 0 Å². The number of carbonyl (C=O) groups excluding carboxylic acids is 1. The molecule has 2 amide bonds. The van der Waals surface area contributed by atoms with E-state index in [9.17, 15) is 4.79 Å². The summed E-state index contributed by atoms with van der Waals surface area (Å²) in [7, 11) is 0. The Balaban J connectivity index is 2.56. The Morgan fingerprint density at radius 2 is 2.00 bits per heavy atom. The summed E-state index contributed by atoms with van der Waals surface area (Å²) in [6.07, 6.45) is 0.546. The molecule has 0 spiro atoms.